The minimum Gasteiger partial charge on any atom is -0.479 e. The molecular formula is C16H26NO11+. The maximum absolute atomic E-state index is 11.5. The van der Waals surface area contributed by atoms with E-state index in [-0.39, 0.29) is 0 Å². The molecule has 2 saturated heterocycles. The number of carboxylic acids is 1. The summed E-state index contributed by atoms with van der Waals surface area (Å²) in [6.45, 7) is 4.34. The summed E-state index contributed by atoms with van der Waals surface area (Å²) in [5.74, 6) is -1.95. The third-order valence-corrected chi connectivity index (χ3v) is 4.72. The number of rotatable bonds is 6. The molecule has 2 heterocycles. The second-order valence-corrected chi connectivity index (χ2v) is 6.66. The number of hydrogen-bond acceptors (Lipinski definition) is 10. The molecule has 0 aliphatic carbocycles. The van der Waals surface area contributed by atoms with Crippen molar-refractivity contribution in [2.75, 3.05) is 13.7 Å². The fraction of sp³-hybridized carbons (Fsp3) is 0.812. The average Bonchev–Trinajstić information content (AvgIpc) is 2.63. The normalized spacial score (nSPS) is 44.1. The highest BCUT2D eigenvalue weighted by atomic mass is 16.7. The Kier molecular flexibility index (Phi) is 7.59. The van der Waals surface area contributed by atoms with Crippen LogP contribution in [0.3, 0.4) is 0 Å². The number of hydrogen-bond donors (Lipinski definition) is 6. The first kappa shape index (κ1) is 22.8. The van der Waals surface area contributed by atoms with Crippen LogP contribution in [0.2, 0.25) is 0 Å². The van der Waals surface area contributed by atoms with Crippen LogP contribution in [0.15, 0.2) is 0 Å². The molecular weight excluding hydrogens is 382 g/mol. The Balaban J connectivity index is 2.26. The molecule has 2 aliphatic heterocycles. The fourth-order valence-electron chi connectivity index (χ4n) is 3.32. The average molecular weight is 408 g/mol. The molecule has 0 saturated carbocycles. The molecule has 0 spiro atoms. The van der Waals surface area contributed by atoms with Gasteiger partial charge in [0.15, 0.2) is 12.4 Å². The monoisotopic (exact) mass is 408 g/mol. The lowest BCUT2D eigenvalue weighted by Crippen LogP contribution is -2.67. The molecule has 1 amide bonds. The first-order chi connectivity index (χ1) is 13.1. The molecule has 2 aliphatic rings. The van der Waals surface area contributed by atoms with Gasteiger partial charge in [-0.05, 0) is 0 Å². The molecule has 0 aromatic heterocycles. The van der Waals surface area contributed by atoms with Gasteiger partial charge in [-0.15, -0.1) is 0 Å². The number of aliphatic carboxylic acids is 1. The number of methoxy groups -OCH3 is 1. The van der Waals surface area contributed by atoms with Crippen LogP contribution < -0.4 is 5.32 Å². The highest BCUT2D eigenvalue weighted by molar-refractivity contribution is 5.74. The summed E-state index contributed by atoms with van der Waals surface area (Å²) < 4.78 is 21.0. The number of nitrogens with one attached hydrogen (secondary N) is 1. The highest BCUT2D eigenvalue weighted by Gasteiger charge is 2.53. The van der Waals surface area contributed by atoms with E-state index in [0.29, 0.717) is 0 Å². The molecule has 9 unspecified atom stereocenters. The maximum atomic E-state index is 11.5. The summed E-state index contributed by atoms with van der Waals surface area (Å²) in [6.07, 6.45) is -12.9. The Morgan fingerprint density at radius 1 is 1.11 bits per heavy atom. The first-order valence-corrected chi connectivity index (χ1v) is 8.59. The molecule has 0 bridgehead atoms. The van der Waals surface area contributed by atoms with Crippen LogP contribution >= 0.6 is 0 Å². The minimum absolute atomic E-state index is 0.487. The summed E-state index contributed by atoms with van der Waals surface area (Å²) in [7, 11) is 1.15. The predicted octanol–water partition coefficient (Wildman–Crippen LogP) is -3.62. The van der Waals surface area contributed by atoms with Gasteiger partial charge in [0.1, 0.15) is 42.7 Å². The summed E-state index contributed by atoms with van der Waals surface area (Å²) in [4.78, 5) is 22.9. The summed E-state index contributed by atoms with van der Waals surface area (Å²) >= 11 is 0. The van der Waals surface area contributed by atoms with Crippen LogP contribution in [0.25, 0.3) is 0 Å². The van der Waals surface area contributed by atoms with E-state index >= 15 is 0 Å². The van der Waals surface area contributed by atoms with Gasteiger partial charge in [0, 0.05) is 14.0 Å². The highest BCUT2D eigenvalue weighted by Crippen LogP contribution is 2.29. The summed E-state index contributed by atoms with van der Waals surface area (Å²) in [5.41, 5.74) is 0. The zero-order chi connectivity index (χ0) is 21.2. The van der Waals surface area contributed by atoms with E-state index in [1.54, 1.807) is 0 Å². The Morgan fingerprint density at radius 3 is 2.25 bits per heavy atom. The lowest BCUT2D eigenvalue weighted by Gasteiger charge is -2.45. The molecule has 28 heavy (non-hydrogen) atoms. The number of carbonyl (C=O) groups excluding carboxylic acids is 1. The number of aliphatic hydroxyl groups is 4. The minimum atomic E-state index is -1.72. The van der Waals surface area contributed by atoms with Gasteiger partial charge >= 0.3 is 5.97 Å². The Labute approximate surface area is 160 Å². The quantitative estimate of drug-likeness (QED) is 0.238. The van der Waals surface area contributed by atoms with E-state index < -0.39 is 79.6 Å². The van der Waals surface area contributed by atoms with Crippen LogP contribution in [-0.2, 0) is 28.5 Å². The van der Waals surface area contributed by atoms with Crippen molar-refractivity contribution < 1.29 is 54.1 Å². The SMILES string of the molecule is [CH2+][C@H]1OC(CO)C(O)C(OC2OC(C(=O)O)C(OC)C(O)C2O)C1NC(C)=O. The van der Waals surface area contributed by atoms with Gasteiger partial charge in [0.2, 0.25) is 12.0 Å². The van der Waals surface area contributed by atoms with Gasteiger partial charge in [-0.1, -0.05) is 0 Å². The number of ether oxygens (including phenoxy) is 4. The number of aliphatic hydroxyl groups excluding tert-OH is 4. The topological polar surface area (TPSA) is 184 Å². The van der Waals surface area contributed by atoms with Crippen molar-refractivity contribution in [3.05, 3.63) is 6.92 Å². The van der Waals surface area contributed by atoms with Crippen molar-refractivity contribution in [2.45, 2.75) is 68.1 Å². The Hall–Kier alpha value is -1.51. The molecule has 6 N–H and O–H groups in total. The standard InChI is InChI=1S/C16H25NO11/c1-5-8(17-6(2)19)12(9(20)7(4-18)26-5)27-16-11(22)10(21)13(25-3)14(28-16)15(23)24/h5,7-14,16,18,20-22H,1,4H2,2-3H3,(H-,17,19,23,24)/p+1/t5-,7?,8?,9?,10?,11?,12?,13?,14?,16?/m1/s1. The largest absolute Gasteiger partial charge is 0.479 e. The molecule has 0 radical (unpaired) electrons. The molecule has 10 atom stereocenters. The lowest BCUT2D eigenvalue weighted by molar-refractivity contribution is -0.326. The van der Waals surface area contributed by atoms with Gasteiger partial charge in [-0.3, -0.25) is 4.79 Å². The molecule has 160 valence electrons. The van der Waals surface area contributed by atoms with Crippen molar-refractivity contribution in [3.8, 4) is 0 Å². The second kappa shape index (κ2) is 9.33. The van der Waals surface area contributed by atoms with Crippen molar-refractivity contribution in [1.29, 1.82) is 0 Å². The van der Waals surface area contributed by atoms with Crippen molar-refractivity contribution >= 4 is 11.9 Å². The van der Waals surface area contributed by atoms with Gasteiger partial charge in [-0.25, -0.2) is 4.79 Å². The van der Waals surface area contributed by atoms with Crippen molar-refractivity contribution in [3.63, 3.8) is 0 Å². The third-order valence-electron chi connectivity index (χ3n) is 4.72. The van der Waals surface area contributed by atoms with Gasteiger partial charge < -0.3 is 49.8 Å². The summed E-state index contributed by atoms with van der Waals surface area (Å²) in [6, 6.07) is -1.01. The van der Waals surface area contributed by atoms with E-state index in [9.17, 15) is 35.1 Å². The molecule has 2 fully saturated rings. The van der Waals surface area contributed by atoms with Gasteiger partial charge in [0.05, 0.1) is 13.5 Å². The van der Waals surface area contributed by atoms with Gasteiger partial charge in [-0.2, -0.15) is 0 Å². The molecule has 12 nitrogen and oxygen atoms in total. The van der Waals surface area contributed by atoms with Crippen LogP contribution in [0.4, 0.5) is 0 Å². The van der Waals surface area contributed by atoms with E-state index in [4.69, 9.17) is 18.9 Å². The maximum Gasteiger partial charge on any atom is 0.335 e. The first-order valence-electron chi connectivity index (χ1n) is 8.59. The lowest BCUT2D eigenvalue weighted by atomic mass is 9.92. The van der Waals surface area contributed by atoms with E-state index in [1.165, 1.54) is 6.92 Å². The zero-order valence-electron chi connectivity index (χ0n) is 15.4. The van der Waals surface area contributed by atoms with Crippen LogP contribution in [-0.4, -0.2) is 112 Å². The van der Waals surface area contributed by atoms with Gasteiger partial charge in [0.25, 0.3) is 0 Å². The number of amides is 1. The molecule has 0 aromatic carbocycles. The van der Waals surface area contributed by atoms with Crippen LogP contribution in [0.5, 0.6) is 0 Å². The smallest absolute Gasteiger partial charge is 0.335 e. The second-order valence-electron chi connectivity index (χ2n) is 6.66. The Morgan fingerprint density at radius 2 is 1.75 bits per heavy atom. The molecule has 0 aromatic rings. The predicted molar refractivity (Wildman–Crippen MR) is 88.7 cm³/mol. The van der Waals surface area contributed by atoms with Crippen molar-refractivity contribution in [1.82, 2.24) is 5.32 Å². The molecule has 12 heteroatoms. The van der Waals surface area contributed by atoms with Crippen LogP contribution in [0, 0.1) is 6.92 Å². The van der Waals surface area contributed by atoms with Crippen LogP contribution in [0.1, 0.15) is 6.92 Å². The number of carboxylic acid groups (broad SMARTS) is 1. The fourth-order valence-corrected chi connectivity index (χ4v) is 3.32. The summed E-state index contributed by atoms with van der Waals surface area (Å²) in [5, 5.41) is 52.1. The molecule has 2 rings (SSSR count). The Bertz CT molecular complexity index is 561. The zero-order valence-corrected chi connectivity index (χ0v) is 15.4. The third kappa shape index (κ3) is 4.55. The number of carbonyl (C=O) groups is 2. The van der Waals surface area contributed by atoms with E-state index in [2.05, 4.69) is 12.2 Å². The van der Waals surface area contributed by atoms with E-state index in [1.807, 2.05) is 0 Å². The van der Waals surface area contributed by atoms with E-state index in [0.717, 1.165) is 7.11 Å². The van der Waals surface area contributed by atoms with Crippen molar-refractivity contribution in [2.24, 2.45) is 0 Å².